The molecule has 0 bridgehead atoms. The summed E-state index contributed by atoms with van der Waals surface area (Å²) < 4.78 is 34.4. The molecule has 3 aromatic carbocycles. The molecule has 1 aliphatic rings. The van der Waals surface area contributed by atoms with Gasteiger partial charge < -0.3 is 15.0 Å². The van der Waals surface area contributed by atoms with E-state index in [0.29, 0.717) is 10.6 Å². The van der Waals surface area contributed by atoms with Crippen LogP contribution in [0.15, 0.2) is 77.7 Å². The molecular formula is C30H33Cl2N3O5S. The van der Waals surface area contributed by atoms with Gasteiger partial charge in [0.2, 0.25) is 11.8 Å². The van der Waals surface area contributed by atoms with E-state index in [9.17, 15) is 18.0 Å². The van der Waals surface area contributed by atoms with E-state index in [-0.39, 0.29) is 39.8 Å². The number of hydrogen-bond donors (Lipinski definition) is 1. The summed E-state index contributed by atoms with van der Waals surface area (Å²) in [4.78, 5) is 28.8. The third kappa shape index (κ3) is 7.52. The van der Waals surface area contributed by atoms with Crippen LogP contribution in [0.3, 0.4) is 0 Å². The molecule has 3 aromatic rings. The summed E-state index contributed by atoms with van der Waals surface area (Å²) in [7, 11) is -2.85. The van der Waals surface area contributed by atoms with Crippen molar-refractivity contribution in [3.63, 3.8) is 0 Å². The standard InChI is InChI=1S/C30H33Cl2N3O5S/c1-21(30(37)33-25-11-6-7-12-25)34(19-22-9-8-10-23(31)17-22)29(36)20-35(27-18-24(32)15-16-28(27)40-2)41(38,39)26-13-4-3-5-14-26/h3-5,8-10,13-18,21,25H,6-7,11-12,19-20H2,1-2H3,(H,33,37)/t21-/m0/s1. The molecule has 1 N–H and O–H groups in total. The Balaban J connectivity index is 1.73. The molecule has 218 valence electrons. The summed E-state index contributed by atoms with van der Waals surface area (Å²) >= 11 is 12.5. The number of amides is 2. The maximum atomic E-state index is 14.1. The van der Waals surface area contributed by atoms with E-state index in [0.717, 1.165) is 30.0 Å². The van der Waals surface area contributed by atoms with E-state index in [1.165, 1.54) is 36.3 Å². The number of carbonyl (C=O) groups excluding carboxylic acids is 2. The smallest absolute Gasteiger partial charge is 0.264 e. The van der Waals surface area contributed by atoms with E-state index >= 15 is 0 Å². The van der Waals surface area contributed by atoms with Crippen LogP contribution in [0.2, 0.25) is 10.0 Å². The van der Waals surface area contributed by atoms with Gasteiger partial charge in [-0.2, -0.15) is 0 Å². The number of hydrogen-bond acceptors (Lipinski definition) is 5. The molecule has 0 radical (unpaired) electrons. The lowest BCUT2D eigenvalue weighted by Gasteiger charge is -2.33. The molecule has 0 aliphatic heterocycles. The van der Waals surface area contributed by atoms with Crippen LogP contribution >= 0.6 is 23.2 Å². The second-order valence-electron chi connectivity index (χ2n) is 9.96. The van der Waals surface area contributed by atoms with Crippen molar-refractivity contribution in [2.24, 2.45) is 0 Å². The third-order valence-electron chi connectivity index (χ3n) is 7.13. The number of nitrogens with one attached hydrogen (secondary N) is 1. The highest BCUT2D eigenvalue weighted by atomic mass is 35.5. The number of rotatable bonds is 11. The maximum Gasteiger partial charge on any atom is 0.264 e. The fourth-order valence-corrected chi connectivity index (χ4v) is 6.71. The van der Waals surface area contributed by atoms with Crippen LogP contribution in [0.5, 0.6) is 5.75 Å². The number of ether oxygens (including phenoxy) is 1. The molecule has 1 fully saturated rings. The van der Waals surface area contributed by atoms with E-state index in [1.807, 2.05) is 0 Å². The molecule has 41 heavy (non-hydrogen) atoms. The Morgan fingerprint density at radius 3 is 2.32 bits per heavy atom. The Morgan fingerprint density at radius 1 is 0.976 bits per heavy atom. The molecule has 11 heteroatoms. The number of nitrogens with zero attached hydrogens (tertiary/aromatic N) is 2. The van der Waals surface area contributed by atoms with Gasteiger partial charge in [-0.05, 0) is 67.8 Å². The quantitative estimate of drug-likeness (QED) is 0.299. The van der Waals surface area contributed by atoms with Crippen molar-refractivity contribution in [2.45, 2.75) is 56.1 Å². The lowest BCUT2D eigenvalue weighted by atomic mass is 10.1. The number of halogens is 2. The van der Waals surface area contributed by atoms with Crippen molar-refractivity contribution in [2.75, 3.05) is 18.0 Å². The molecule has 1 atom stereocenters. The number of methoxy groups -OCH3 is 1. The molecule has 0 saturated heterocycles. The molecule has 0 aromatic heterocycles. The minimum absolute atomic E-state index is 0.0109. The lowest BCUT2D eigenvalue weighted by molar-refractivity contribution is -0.139. The summed E-state index contributed by atoms with van der Waals surface area (Å²) in [6, 6.07) is 18.5. The van der Waals surface area contributed by atoms with Gasteiger partial charge in [0.05, 0.1) is 17.7 Å². The molecule has 4 rings (SSSR count). The molecular weight excluding hydrogens is 585 g/mol. The highest BCUT2D eigenvalue weighted by molar-refractivity contribution is 7.92. The predicted molar refractivity (Wildman–Crippen MR) is 161 cm³/mol. The first kappa shape index (κ1) is 30.7. The zero-order valence-electron chi connectivity index (χ0n) is 22.9. The zero-order chi connectivity index (χ0) is 29.6. The highest BCUT2D eigenvalue weighted by Gasteiger charge is 2.34. The molecule has 0 unspecified atom stereocenters. The Hall–Kier alpha value is -3.27. The van der Waals surface area contributed by atoms with Gasteiger partial charge in [0.15, 0.2) is 0 Å². The molecule has 8 nitrogen and oxygen atoms in total. The number of sulfonamides is 1. The van der Waals surface area contributed by atoms with Gasteiger partial charge in [0, 0.05) is 22.6 Å². The second kappa shape index (κ2) is 13.6. The topological polar surface area (TPSA) is 96.0 Å². The van der Waals surface area contributed by atoms with Gasteiger partial charge in [0.25, 0.3) is 10.0 Å². The second-order valence-corrected chi connectivity index (χ2v) is 12.7. The zero-order valence-corrected chi connectivity index (χ0v) is 25.3. The summed E-state index contributed by atoms with van der Waals surface area (Å²) in [5.41, 5.74) is 0.798. The summed E-state index contributed by atoms with van der Waals surface area (Å²) in [5.74, 6) is -0.666. The summed E-state index contributed by atoms with van der Waals surface area (Å²) in [5, 5.41) is 3.80. The monoisotopic (exact) mass is 617 g/mol. The van der Waals surface area contributed by atoms with E-state index in [4.69, 9.17) is 27.9 Å². The van der Waals surface area contributed by atoms with Crippen molar-refractivity contribution in [1.29, 1.82) is 0 Å². The third-order valence-corrected chi connectivity index (χ3v) is 9.37. The van der Waals surface area contributed by atoms with Crippen LogP contribution in [0, 0.1) is 0 Å². The van der Waals surface area contributed by atoms with Gasteiger partial charge in [-0.25, -0.2) is 8.42 Å². The summed E-state index contributed by atoms with van der Waals surface area (Å²) in [6.45, 7) is 1.09. The first-order chi connectivity index (χ1) is 19.6. The van der Waals surface area contributed by atoms with Crippen LogP contribution in [0.4, 0.5) is 5.69 Å². The van der Waals surface area contributed by atoms with Crippen LogP contribution in [0.1, 0.15) is 38.2 Å². The molecule has 0 spiro atoms. The van der Waals surface area contributed by atoms with Crippen LogP contribution < -0.4 is 14.4 Å². The Bertz CT molecular complexity index is 1480. The number of anilines is 1. The largest absolute Gasteiger partial charge is 0.495 e. The van der Waals surface area contributed by atoms with Gasteiger partial charge in [-0.15, -0.1) is 0 Å². The molecule has 0 heterocycles. The van der Waals surface area contributed by atoms with Crippen LogP contribution in [-0.4, -0.2) is 50.9 Å². The predicted octanol–water partition coefficient (Wildman–Crippen LogP) is 5.67. The van der Waals surface area contributed by atoms with Gasteiger partial charge >= 0.3 is 0 Å². The Morgan fingerprint density at radius 2 is 1.66 bits per heavy atom. The Labute approximate surface area is 251 Å². The van der Waals surface area contributed by atoms with Gasteiger partial charge in [-0.3, -0.25) is 13.9 Å². The van der Waals surface area contributed by atoms with Crippen molar-refractivity contribution >= 4 is 50.7 Å². The SMILES string of the molecule is COc1ccc(Cl)cc1N(CC(=O)N(Cc1cccc(Cl)c1)[C@@H](C)C(=O)NC1CCCC1)S(=O)(=O)c1ccccc1. The average Bonchev–Trinajstić information content (AvgIpc) is 3.47. The highest BCUT2D eigenvalue weighted by Crippen LogP contribution is 2.35. The van der Waals surface area contributed by atoms with E-state index in [1.54, 1.807) is 55.5 Å². The van der Waals surface area contributed by atoms with Crippen molar-refractivity contribution in [3.05, 3.63) is 88.4 Å². The Kier molecular flexibility index (Phi) is 10.2. The average molecular weight is 619 g/mol. The molecule has 2 amide bonds. The molecule has 1 saturated carbocycles. The molecule has 1 aliphatic carbocycles. The maximum absolute atomic E-state index is 14.1. The lowest BCUT2D eigenvalue weighted by Crippen LogP contribution is -2.52. The summed E-state index contributed by atoms with van der Waals surface area (Å²) in [6.07, 6.45) is 3.85. The van der Waals surface area contributed by atoms with E-state index in [2.05, 4.69) is 5.32 Å². The van der Waals surface area contributed by atoms with Crippen LogP contribution in [0.25, 0.3) is 0 Å². The van der Waals surface area contributed by atoms with Crippen LogP contribution in [-0.2, 0) is 26.2 Å². The normalized spacial score (nSPS) is 14.3. The minimum Gasteiger partial charge on any atom is -0.495 e. The number of carbonyl (C=O) groups is 2. The van der Waals surface area contributed by atoms with E-state index < -0.39 is 28.5 Å². The first-order valence-electron chi connectivity index (χ1n) is 13.4. The van der Waals surface area contributed by atoms with Crippen molar-refractivity contribution in [3.8, 4) is 5.75 Å². The fourth-order valence-electron chi connectivity index (χ4n) is 4.90. The number of benzene rings is 3. The first-order valence-corrected chi connectivity index (χ1v) is 15.6. The van der Waals surface area contributed by atoms with Crippen molar-refractivity contribution in [1.82, 2.24) is 10.2 Å². The van der Waals surface area contributed by atoms with Gasteiger partial charge in [0.1, 0.15) is 18.3 Å². The van der Waals surface area contributed by atoms with Gasteiger partial charge in [-0.1, -0.05) is 66.4 Å². The fraction of sp³-hybridized carbons (Fsp3) is 0.333. The minimum atomic E-state index is -4.25. The van der Waals surface area contributed by atoms with Crippen molar-refractivity contribution < 1.29 is 22.7 Å².